The molecule has 4 rings (SSSR count). The fourth-order valence-corrected chi connectivity index (χ4v) is 6.74. The average molecular weight is 378 g/mol. The van der Waals surface area contributed by atoms with Crippen molar-refractivity contribution in [1.29, 1.82) is 0 Å². The number of hydrogen-bond donors (Lipinski definition) is 3. The molecule has 3 aliphatic carbocycles. The number of fused-ring (bicyclic) bond motifs is 5. The first-order valence-electron chi connectivity index (χ1n) is 9.39. The van der Waals surface area contributed by atoms with Crippen LogP contribution in [0.2, 0.25) is 0 Å². The van der Waals surface area contributed by atoms with Crippen molar-refractivity contribution in [1.82, 2.24) is 0 Å². The van der Waals surface area contributed by atoms with E-state index in [0.717, 1.165) is 44.1 Å². The minimum Gasteiger partial charge on any atom is -0.393 e. The molecule has 1 aromatic rings. The van der Waals surface area contributed by atoms with Crippen molar-refractivity contribution < 1.29 is 18.1 Å². The van der Waals surface area contributed by atoms with Crippen molar-refractivity contribution in [3.8, 4) is 0 Å². The molecule has 3 N–H and O–H groups in total. The van der Waals surface area contributed by atoms with Gasteiger partial charge in [0.2, 0.25) is 0 Å². The van der Waals surface area contributed by atoms with E-state index in [1.54, 1.807) is 6.07 Å². The standard InChI is InChI=1S/C20H27NO4S/c1-3-20-11-8-13-12-14(21-26(23,24)25)4-5-15(13)16(20)9-10-19(2)17(20)6-7-18(19)22/h3-5,12,16-18,21-22H,1,6-11H2,2H3,(H,23,24,25)/t16-,17-,18+,19+,20-/m1/s1. The van der Waals surface area contributed by atoms with E-state index in [9.17, 15) is 13.5 Å². The van der Waals surface area contributed by atoms with E-state index >= 15 is 0 Å². The number of benzene rings is 1. The number of aliphatic hydroxyl groups is 1. The van der Waals surface area contributed by atoms with Gasteiger partial charge in [-0.15, -0.1) is 6.58 Å². The van der Waals surface area contributed by atoms with Gasteiger partial charge in [-0.05, 0) is 84.5 Å². The van der Waals surface area contributed by atoms with E-state index in [-0.39, 0.29) is 16.9 Å². The van der Waals surface area contributed by atoms with Crippen LogP contribution in [0.25, 0.3) is 0 Å². The van der Waals surface area contributed by atoms with Gasteiger partial charge < -0.3 is 5.11 Å². The summed E-state index contributed by atoms with van der Waals surface area (Å²) < 4.78 is 33.4. The van der Waals surface area contributed by atoms with Crippen molar-refractivity contribution in [3.05, 3.63) is 42.0 Å². The Balaban J connectivity index is 1.74. The van der Waals surface area contributed by atoms with Gasteiger partial charge in [0, 0.05) is 0 Å². The van der Waals surface area contributed by atoms with Crippen molar-refractivity contribution >= 4 is 16.0 Å². The molecule has 0 heterocycles. The normalized spacial score (nSPS) is 38.8. The maximum absolute atomic E-state index is 11.1. The molecule has 2 fully saturated rings. The van der Waals surface area contributed by atoms with Crippen LogP contribution in [-0.4, -0.2) is 24.2 Å². The van der Waals surface area contributed by atoms with E-state index < -0.39 is 10.3 Å². The van der Waals surface area contributed by atoms with Gasteiger partial charge in [-0.3, -0.25) is 9.27 Å². The fraction of sp³-hybridized carbons (Fsp3) is 0.600. The van der Waals surface area contributed by atoms with Gasteiger partial charge in [0.1, 0.15) is 0 Å². The van der Waals surface area contributed by atoms with E-state index in [2.05, 4.69) is 24.3 Å². The van der Waals surface area contributed by atoms with Crippen LogP contribution in [-0.2, 0) is 16.7 Å². The number of rotatable bonds is 3. The molecule has 1 aromatic carbocycles. The summed E-state index contributed by atoms with van der Waals surface area (Å²) in [5, 5.41) is 10.6. The molecule has 0 amide bonds. The minimum absolute atomic E-state index is 0.00448. The minimum atomic E-state index is -4.26. The zero-order chi connectivity index (χ0) is 18.7. The van der Waals surface area contributed by atoms with Gasteiger partial charge in [0.15, 0.2) is 0 Å². The van der Waals surface area contributed by atoms with Crippen molar-refractivity contribution in [2.24, 2.45) is 16.7 Å². The second kappa shape index (κ2) is 5.81. The lowest BCUT2D eigenvalue weighted by molar-refractivity contribution is -0.0528. The molecule has 26 heavy (non-hydrogen) atoms. The summed E-state index contributed by atoms with van der Waals surface area (Å²) in [4.78, 5) is 0. The molecule has 5 nitrogen and oxygen atoms in total. The van der Waals surface area contributed by atoms with Gasteiger partial charge in [0.25, 0.3) is 0 Å². The molecule has 0 bridgehead atoms. The Labute approximate surface area is 155 Å². The topological polar surface area (TPSA) is 86.6 Å². The summed E-state index contributed by atoms with van der Waals surface area (Å²) in [6.07, 6.45) is 7.65. The summed E-state index contributed by atoms with van der Waals surface area (Å²) in [6, 6.07) is 5.56. The molecule has 2 saturated carbocycles. The van der Waals surface area contributed by atoms with Crippen molar-refractivity contribution in [2.75, 3.05) is 4.72 Å². The lowest BCUT2D eigenvalue weighted by atomic mass is 9.47. The van der Waals surface area contributed by atoms with Crippen LogP contribution >= 0.6 is 0 Å². The highest BCUT2D eigenvalue weighted by atomic mass is 32.2. The molecule has 3 aliphatic rings. The summed E-state index contributed by atoms with van der Waals surface area (Å²) in [7, 11) is -4.26. The second-order valence-electron chi connectivity index (χ2n) is 8.55. The maximum atomic E-state index is 11.1. The quantitative estimate of drug-likeness (QED) is 0.554. The van der Waals surface area contributed by atoms with Crippen LogP contribution in [0.3, 0.4) is 0 Å². The van der Waals surface area contributed by atoms with Crippen LogP contribution in [0.5, 0.6) is 0 Å². The third kappa shape index (κ3) is 2.53. The predicted molar refractivity (Wildman–Crippen MR) is 101 cm³/mol. The number of anilines is 1. The van der Waals surface area contributed by atoms with Gasteiger partial charge in [-0.25, -0.2) is 0 Å². The molecular formula is C20H27NO4S. The molecule has 0 unspecified atom stereocenters. The Morgan fingerprint density at radius 2 is 2.04 bits per heavy atom. The lowest BCUT2D eigenvalue weighted by Gasteiger charge is -2.57. The van der Waals surface area contributed by atoms with Crippen molar-refractivity contribution in [3.63, 3.8) is 0 Å². The summed E-state index contributed by atoms with van der Waals surface area (Å²) in [6.45, 7) is 6.45. The molecule has 0 aliphatic heterocycles. The second-order valence-corrected chi connectivity index (χ2v) is 9.70. The number of nitrogens with one attached hydrogen (secondary N) is 1. The molecule has 5 atom stereocenters. The van der Waals surface area contributed by atoms with Crippen LogP contribution in [0, 0.1) is 16.7 Å². The van der Waals surface area contributed by atoms with E-state index in [1.807, 2.05) is 12.1 Å². The maximum Gasteiger partial charge on any atom is 0.357 e. The molecule has 0 aromatic heterocycles. The Morgan fingerprint density at radius 1 is 1.27 bits per heavy atom. The summed E-state index contributed by atoms with van der Waals surface area (Å²) >= 11 is 0. The van der Waals surface area contributed by atoms with Gasteiger partial charge in [0.05, 0.1) is 11.8 Å². The van der Waals surface area contributed by atoms with E-state index in [0.29, 0.717) is 17.5 Å². The van der Waals surface area contributed by atoms with Gasteiger partial charge in [-0.2, -0.15) is 8.42 Å². The smallest absolute Gasteiger partial charge is 0.357 e. The van der Waals surface area contributed by atoms with Crippen LogP contribution in [0.15, 0.2) is 30.9 Å². The first-order chi connectivity index (χ1) is 12.2. The van der Waals surface area contributed by atoms with Gasteiger partial charge >= 0.3 is 10.3 Å². The summed E-state index contributed by atoms with van der Waals surface area (Å²) in [5.74, 6) is 0.789. The molecule has 6 heteroatoms. The average Bonchev–Trinajstić information content (AvgIpc) is 2.88. The number of aryl methyl sites for hydroxylation is 1. The molecule has 0 saturated heterocycles. The Hall–Kier alpha value is -1.37. The SMILES string of the molecule is C=C[C@@]12CCc3cc(NS(=O)(=O)O)ccc3[C@H]1CC[C@@]1(C)[C@H]2CC[C@@H]1O. The molecule has 0 spiro atoms. The number of aliphatic hydroxyl groups excluding tert-OH is 1. The van der Waals surface area contributed by atoms with Gasteiger partial charge in [-0.1, -0.05) is 19.1 Å². The first-order valence-corrected chi connectivity index (χ1v) is 10.8. The van der Waals surface area contributed by atoms with E-state index in [1.165, 1.54) is 5.56 Å². The zero-order valence-electron chi connectivity index (χ0n) is 15.1. The highest BCUT2D eigenvalue weighted by molar-refractivity contribution is 7.87. The lowest BCUT2D eigenvalue weighted by Crippen LogP contribution is -2.50. The Kier molecular flexibility index (Phi) is 4.03. The molecular weight excluding hydrogens is 350 g/mol. The highest BCUT2D eigenvalue weighted by Gasteiger charge is 2.60. The number of hydrogen-bond acceptors (Lipinski definition) is 3. The zero-order valence-corrected chi connectivity index (χ0v) is 15.9. The first kappa shape index (κ1) is 18.0. The third-order valence-corrected chi connectivity index (χ3v) is 8.02. The fourth-order valence-electron chi connectivity index (χ4n) is 6.31. The monoisotopic (exact) mass is 377 g/mol. The van der Waals surface area contributed by atoms with Crippen molar-refractivity contribution in [2.45, 2.75) is 57.5 Å². The largest absolute Gasteiger partial charge is 0.393 e. The summed E-state index contributed by atoms with van der Waals surface area (Å²) in [5.41, 5.74) is 2.77. The molecule has 142 valence electrons. The van der Waals surface area contributed by atoms with Crippen LogP contribution in [0.1, 0.15) is 56.1 Å². The van der Waals surface area contributed by atoms with Crippen LogP contribution in [0.4, 0.5) is 5.69 Å². The Morgan fingerprint density at radius 3 is 2.73 bits per heavy atom. The van der Waals surface area contributed by atoms with E-state index in [4.69, 9.17) is 4.55 Å². The predicted octanol–water partition coefficient (Wildman–Crippen LogP) is 3.67. The third-order valence-electron chi connectivity index (χ3n) is 7.53. The highest BCUT2D eigenvalue weighted by Crippen LogP contribution is 2.67. The number of allylic oxidation sites excluding steroid dienone is 1. The van der Waals surface area contributed by atoms with Crippen LogP contribution < -0.4 is 4.72 Å². The molecule has 0 radical (unpaired) electrons. The Bertz CT molecular complexity index is 851.